The highest BCUT2D eigenvalue weighted by molar-refractivity contribution is 5.48. The number of fused-ring (bicyclic) bond motifs is 1. The molecule has 0 aromatic heterocycles. The topological polar surface area (TPSA) is 0 Å². The van der Waals surface area contributed by atoms with Crippen molar-refractivity contribution in [2.45, 2.75) is 6.42 Å². The SMILES string of the molecule is C1=CCC2=C/C(=C\C=C/1)C=C2. The van der Waals surface area contributed by atoms with Gasteiger partial charge in [0.2, 0.25) is 0 Å². The van der Waals surface area contributed by atoms with Gasteiger partial charge in [0.15, 0.2) is 0 Å². The maximum atomic E-state index is 2.22. The molecule has 0 aromatic carbocycles. The van der Waals surface area contributed by atoms with Crippen LogP contribution in [0.5, 0.6) is 0 Å². The molecule has 2 bridgehead atoms. The van der Waals surface area contributed by atoms with Crippen molar-refractivity contribution in [2.24, 2.45) is 0 Å². The summed E-state index contributed by atoms with van der Waals surface area (Å²) in [5.74, 6) is 0. The van der Waals surface area contributed by atoms with E-state index in [0.29, 0.717) is 0 Å². The van der Waals surface area contributed by atoms with E-state index in [1.807, 2.05) is 0 Å². The molecule has 0 atom stereocenters. The Bertz CT molecular complexity index is 296. The third kappa shape index (κ3) is 1.40. The lowest BCUT2D eigenvalue weighted by atomic mass is 10.2. The van der Waals surface area contributed by atoms with Gasteiger partial charge in [-0.1, -0.05) is 48.6 Å². The standard InChI is InChI=1S/C11H10/c1-2-4-6-11-8-7-10(9-11)5-3-1/h1-5,7-9H,6H2/b3-1-,4-2?,10-5-. The molecule has 0 spiro atoms. The molecule has 0 heteroatoms. The van der Waals surface area contributed by atoms with E-state index in [9.17, 15) is 0 Å². The van der Waals surface area contributed by atoms with Crippen LogP contribution in [0.25, 0.3) is 0 Å². The molecule has 0 saturated heterocycles. The summed E-state index contributed by atoms with van der Waals surface area (Å²) in [6.45, 7) is 0. The normalized spacial score (nSPS) is 28.0. The average molecular weight is 142 g/mol. The van der Waals surface area contributed by atoms with Gasteiger partial charge in [-0.2, -0.15) is 0 Å². The number of hydrogen-bond acceptors (Lipinski definition) is 0. The van der Waals surface area contributed by atoms with Crippen LogP contribution in [0.2, 0.25) is 0 Å². The highest BCUT2D eigenvalue weighted by Crippen LogP contribution is 2.19. The van der Waals surface area contributed by atoms with Crippen molar-refractivity contribution < 1.29 is 0 Å². The minimum absolute atomic E-state index is 1.05. The Morgan fingerprint density at radius 2 is 2.00 bits per heavy atom. The molecule has 0 amide bonds. The quantitative estimate of drug-likeness (QED) is 0.488. The molecule has 54 valence electrons. The molecule has 11 heavy (non-hydrogen) atoms. The van der Waals surface area contributed by atoms with Crippen LogP contribution in [-0.4, -0.2) is 0 Å². The van der Waals surface area contributed by atoms with Crippen molar-refractivity contribution >= 4 is 0 Å². The summed E-state index contributed by atoms with van der Waals surface area (Å²) >= 11 is 0. The van der Waals surface area contributed by atoms with E-state index in [1.165, 1.54) is 11.1 Å². The molecule has 0 N–H and O–H groups in total. The van der Waals surface area contributed by atoms with Crippen LogP contribution in [0, 0.1) is 0 Å². The van der Waals surface area contributed by atoms with Gasteiger partial charge < -0.3 is 0 Å². The summed E-state index contributed by atoms with van der Waals surface area (Å²) in [5.41, 5.74) is 2.70. The van der Waals surface area contributed by atoms with Gasteiger partial charge >= 0.3 is 0 Å². The smallest absolute Gasteiger partial charge is 0.00941 e. The third-order valence-corrected chi connectivity index (χ3v) is 1.84. The molecular formula is C11H10. The van der Waals surface area contributed by atoms with Crippen LogP contribution in [0.4, 0.5) is 0 Å². The fourth-order valence-electron chi connectivity index (χ4n) is 1.26. The summed E-state index contributed by atoms with van der Waals surface area (Å²) < 4.78 is 0. The van der Waals surface area contributed by atoms with E-state index in [1.54, 1.807) is 0 Å². The van der Waals surface area contributed by atoms with Crippen molar-refractivity contribution in [2.75, 3.05) is 0 Å². The summed E-state index contributed by atoms with van der Waals surface area (Å²) in [4.78, 5) is 0. The number of rotatable bonds is 0. The van der Waals surface area contributed by atoms with Crippen LogP contribution in [0.15, 0.2) is 59.8 Å². The molecule has 0 saturated carbocycles. The van der Waals surface area contributed by atoms with Crippen LogP contribution in [-0.2, 0) is 0 Å². The zero-order valence-corrected chi connectivity index (χ0v) is 6.33. The van der Waals surface area contributed by atoms with E-state index in [4.69, 9.17) is 0 Å². The molecule has 0 radical (unpaired) electrons. The average Bonchev–Trinajstić information content (AvgIpc) is 2.49. The second-order valence-electron chi connectivity index (χ2n) is 2.74. The van der Waals surface area contributed by atoms with Crippen molar-refractivity contribution in [1.29, 1.82) is 0 Å². The van der Waals surface area contributed by atoms with E-state index in [2.05, 4.69) is 48.6 Å². The van der Waals surface area contributed by atoms with Gasteiger partial charge in [-0.3, -0.25) is 0 Å². The maximum Gasteiger partial charge on any atom is -0.00941 e. The minimum atomic E-state index is 1.05. The summed E-state index contributed by atoms with van der Waals surface area (Å²) in [6.07, 6.45) is 18.1. The first kappa shape index (κ1) is 6.41. The van der Waals surface area contributed by atoms with Crippen molar-refractivity contribution in [3.8, 4) is 0 Å². The Labute approximate surface area is 66.9 Å². The Balaban J connectivity index is 2.37. The zero-order valence-electron chi connectivity index (χ0n) is 6.33. The van der Waals surface area contributed by atoms with Crippen molar-refractivity contribution in [3.05, 3.63) is 59.8 Å². The zero-order chi connectivity index (χ0) is 7.52. The van der Waals surface area contributed by atoms with Gasteiger partial charge in [-0.25, -0.2) is 0 Å². The molecule has 0 nitrogen and oxygen atoms in total. The van der Waals surface area contributed by atoms with Gasteiger partial charge in [0, 0.05) is 0 Å². The van der Waals surface area contributed by atoms with Crippen LogP contribution in [0.1, 0.15) is 6.42 Å². The monoisotopic (exact) mass is 142 g/mol. The fourth-order valence-corrected chi connectivity index (χ4v) is 1.26. The van der Waals surface area contributed by atoms with Crippen LogP contribution in [0.3, 0.4) is 0 Å². The van der Waals surface area contributed by atoms with Crippen LogP contribution >= 0.6 is 0 Å². The van der Waals surface area contributed by atoms with Gasteiger partial charge in [0.1, 0.15) is 0 Å². The highest BCUT2D eigenvalue weighted by Gasteiger charge is 1.99. The van der Waals surface area contributed by atoms with Gasteiger partial charge in [-0.15, -0.1) is 0 Å². The molecule has 0 unspecified atom stereocenters. The van der Waals surface area contributed by atoms with Crippen molar-refractivity contribution in [1.82, 2.24) is 0 Å². The van der Waals surface area contributed by atoms with E-state index < -0.39 is 0 Å². The lowest BCUT2D eigenvalue weighted by Gasteiger charge is -1.88. The van der Waals surface area contributed by atoms with E-state index in [0.717, 1.165) is 6.42 Å². The predicted octanol–water partition coefficient (Wildman–Crippen LogP) is 2.93. The second-order valence-corrected chi connectivity index (χ2v) is 2.74. The molecule has 2 aliphatic rings. The predicted molar refractivity (Wildman–Crippen MR) is 48.2 cm³/mol. The van der Waals surface area contributed by atoms with Crippen molar-refractivity contribution in [3.63, 3.8) is 0 Å². The first-order valence-corrected chi connectivity index (χ1v) is 3.87. The molecule has 2 rings (SSSR count). The summed E-state index contributed by atoms with van der Waals surface area (Å²) in [5, 5.41) is 0. The summed E-state index contributed by atoms with van der Waals surface area (Å²) in [6, 6.07) is 0. The van der Waals surface area contributed by atoms with Gasteiger partial charge in [0.25, 0.3) is 0 Å². The fraction of sp³-hybridized carbons (Fsp3) is 0.0909. The molecule has 2 aliphatic carbocycles. The maximum absolute atomic E-state index is 2.22. The van der Waals surface area contributed by atoms with Gasteiger partial charge in [-0.05, 0) is 17.6 Å². The highest BCUT2D eigenvalue weighted by atomic mass is 14.0. The largest absolute Gasteiger partial charge is 0.0801 e. The Morgan fingerprint density at radius 1 is 1.00 bits per heavy atom. The Morgan fingerprint density at radius 3 is 3.00 bits per heavy atom. The third-order valence-electron chi connectivity index (χ3n) is 1.84. The summed E-state index contributed by atoms with van der Waals surface area (Å²) in [7, 11) is 0. The minimum Gasteiger partial charge on any atom is -0.0801 e. The lowest BCUT2D eigenvalue weighted by Crippen LogP contribution is -1.68. The lowest BCUT2D eigenvalue weighted by molar-refractivity contribution is 1.30. The van der Waals surface area contributed by atoms with E-state index in [-0.39, 0.29) is 0 Å². The Kier molecular flexibility index (Phi) is 1.60. The van der Waals surface area contributed by atoms with E-state index >= 15 is 0 Å². The molecule has 0 aliphatic heterocycles. The molecular weight excluding hydrogens is 132 g/mol. The molecule has 0 aromatic rings. The Hall–Kier alpha value is -1.30. The van der Waals surface area contributed by atoms with Crippen LogP contribution < -0.4 is 0 Å². The number of allylic oxidation sites excluding steroid dienone is 10. The second kappa shape index (κ2) is 2.75. The number of hydrogen-bond donors (Lipinski definition) is 0. The molecule has 0 fully saturated rings. The first-order valence-electron chi connectivity index (χ1n) is 3.87. The first-order chi connectivity index (χ1) is 5.45. The molecule has 0 heterocycles. The van der Waals surface area contributed by atoms with Gasteiger partial charge in [0.05, 0.1) is 0 Å².